The highest BCUT2D eigenvalue weighted by Crippen LogP contribution is 2.34. The lowest BCUT2D eigenvalue weighted by atomic mass is 9.82. The number of halogens is 1. The molecule has 2 saturated heterocycles. The number of amides is 1. The van der Waals surface area contributed by atoms with Crippen LogP contribution in [0.15, 0.2) is 52.1 Å². The maximum absolute atomic E-state index is 13.3. The number of piperidine rings is 2. The largest absolute Gasteiger partial charge is 0.393 e. The molecule has 2 aromatic rings. The molecule has 2 fully saturated rings. The van der Waals surface area contributed by atoms with Gasteiger partial charge in [0.05, 0.1) is 12.3 Å². The Bertz CT molecular complexity index is 1050. The quantitative estimate of drug-likeness (QED) is 0.290. The number of benzene rings is 2. The Balaban J connectivity index is 1.38. The zero-order chi connectivity index (χ0) is 25.7. The van der Waals surface area contributed by atoms with Crippen molar-refractivity contribution in [3.05, 3.63) is 69.2 Å². The van der Waals surface area contributed by atoms with Gasteiger partial charge < -0.3 is 14.8 Å². The van der Waals surface area contributed by atoms with Crippen molar-refractivity contribution in [2.45, 2.75) is 52.0 Å². The molecule has 1 N–H and O–H groups in total. The Labute approximate surface area is 223 Å². The lowest BCUT2D eigenvalue weighted by Gasteiger charge is -2.49. The summed E-state index contributed by atoms with van der Waals surface area (Å²) in [6.45, 7) is 10.2. The van der Waals surface area contributed by atoms with E-state index in [0.29, 0.717) is 5.92 Å². The van der Waals surface area contributed by atoms with Crippen LogP contribution in [0.25, 0.3) is 0 Å². The van der Waals surface area contributed by atoms with Gasteiger partial charge in [-0.2, -0.15) is 0 Å². The Hall–Kier alpha value is -2.22. The minimum Gasteiger partial charge on any atom is -0.393 e. The number of carbonyl (C=O) groups excluding carboxylic acids is 1. The molecule has 1 amide bonds. The van der Waals surface area contributed by atoms with Crippen molar-refractivity contribution in [3.8, 4) is 0 Å². The van der Waals surface area contributed by atoms with Gasteiger partial charge >= 0.3 is 0 Å². The first-order chi connectivity index (χ1) is 17.3. The highest BCUT2D eigenvalue weighted by molar-refractivity contribution is 9.10. The van der Waals surface area contributed by atoms with Crippen LogP contribution in [-0.2, 0) is 4.84 Å². The summed E-state index contributed by atoms with van der Waals surface area (Å²) in [5.41, 5.74) is 5.12. The molecular weight excluding hydrogens is 518 g/mol. The van der Waals surface area contributed by atoms with Crippen LogP contribution in [0, 0.1) is 19.8 Å². The van der Waals surface area contributed by atoms with Crippen LogP contribution in [0.5, 0.6) is 0 Å². The van der Waals surface area contributed by atoms with Gasteiger partial charge in [0.25, 0.3) is 5.91 Å². The molecule has 0 saturated carbocycles. The molecule has 2 aliphatic heterocycles. The number of aryl methyl sites for hydroxylation is 2. The van der Waals surface area contributed by atoms with Gasteiger partial charge in [-0.15, -0.1) is 0 Å². The van der Waals surface area contributed by atoms with Crippen LogP contribution in [0.1, 0.15) is 59.7 Å². The van der Waals surface area contributed by atoms with E-state index in [0.717, 1.165) is 84.3 Å². The molecule has 2 aliphatic rings. The number of aliphatic hydroxyl groups is 1. The van der Waals surface area contributed by atoms with E-state index >= 15 is 0 Å². The average molecular weight is 557 g/mol. The maximum Gasteiger partial charge on any atom is 0.254 e. The Morgan fingerprint density at radius 3 is 2.25 bits per heavy atom. The van der Waals surface area contributed by atoms with Crippen molar-refractivity contribution >= 4 is 27.5 Å². The summed E-state index contributed by atoms with van der Waals surface area (Å²) in [5, 5.41) is 13.6. The molecule has 0 bridgehead atoms. The molecule has 194 valence electrons. The highest BCUT2D eigenvalue weighted by atomic mass is 79.9. The first-order valence-corrected chi connectivity index (χ1v) is 13.8. The lowest BCUT2D eigenvalue weighted by molar-refractivity contribution is 0.0160. The molecule has 4 rings (SSSR count). The maximum atomic E-state index is 13.3. The zero-order valence-corrected chi connectivity index (χ0v) is 23.3. The molecule has 36 heavy (non-hydrogen) atoms. The third kappa shape index (κ3) is 6.01. The normalized spacial score (nSPS) is 19.4. The van der Waals surface area contributed by atoms with Gasteiger partial charge in [0.1, 0.15) is 6.61 Å². The molecule has 0 spiro atoms. The number of carbonyl (C=O) groups is 1. The number of rotatable bonds is 7. The van der Waals surface area contributed by atoms with E-state index in [-0.39, 0.29) is 24.7 Å². The van der Waals surface area contributed by atoms with Crippen molar-refractivity contribution in [2.24, 2.45) is 11.1 Å². The molecule has 0 aliphatic carbocycles. The topological polar surface area (TPSA) is 65.4 Å². The van der Waals surface area contributed by atoms with Gasteiger partial charge in [-0.1, -0.05) is 51.4 Å². The fraction of sp³-hybridized carbons (Fsp3) is 0.517. The predicted molar refractivity (Wildman–Crippen MR) is 147 cm³/mol. The summed E-state index contributed by atoms with van der Waals surface area (Å²) in [5.74, 6) is 0.486. The molecule has 2 aromatic carbocycles. The van der Waals surface area contributed by atoms with Gasteiger partial charge in [0.2, 0.25) is 0 Å². The number of nitrogens with zero attached hydrogens (tertiary/aromatic N) is 3. The predicted octanol–water partition coefficient (Wildman–Crippen LogP) is 5.19. The molecule has 0 unspecified atom stereocenters. The van der Waals surface area contributed by atoms with Gasteiger partial charge in [0.15, 0.2) is 0 Å². The second-order valence-corrected chi connectivity index (χ2v) is 11.3. The second kappa shape index (κ2) is 11.9. The van der Waals surface area contributed by atoms with Crippen molar-refractivity contribution < 1.29 is 14.7 Å². The Morgan fingerprint density at radius 2 is 1.67 bits per heavy atom. The standard InChI is InChI=1S/C29H38BrN3O3/c1-21-5-4-6-22(2)26(21)28(35)32-17-13-29(3,14-18-32)33-15-11-24(12-16-33)27(31-36-20-19-34)23-7-9-25(30)10-8-23/h4-10,24,34H,11-20H2,1-3H3/b31-27+. The highest BCUT2D eigenvalue weighted by Gasteiger charge is 2.39. The molecular formula is C29H38BrN3O3. The Morgan fingerprint density at radius 1 is 1.06 bits per heavy atom. The minimum atomic E-state index is -0.0448. The van der Waals surface area contributed by atoms with E-state index in [1.54, 1.807) is 0 Å². The van der Waals surface area contributed by atoms with Crippen LogP contribution in [0.2, 0.25) is 0 Å². The van der Waals surface area contributed by atoms with Crippen molar-refractivity contribution in [2.75, 3.05) is 39.4 Å². The second-order valence-electron chi connectivity index (χ2n) is 10.4. The van der Waals surface area contributed by atoms with E-state index in [1.807, 2.05) is 49.1 Å². The van der Waals surface area contributed by atoms with E-state index < -0.39 is 0 Å². The summed E-state index contributed by atoms with van der Waals surface area (Å²) in [6, 6.07) is 14.3. The molecule has 2 heterocycles. The first kappa shape index (κ1) is 26.8. The van der Waals surface area contributed by atoms with E-state index in [4.69, 9.17) is 9.94 Å². The fourth-order valence-electron chi connectivity index (χ4n) is 5.65. The number of aliphatic hydroxyl groups excluding tert-OH is 1. The molecule has 6 nitrogen and oxygen atoms in total. The lowest BCUT2D eigenvalue weighted by Crippen LogP contribution is -2.56. The van der Waals surface area contributed by atoms with Crippen molar-refractivity contribution in [1.82, 2.24) is 9.80 Å². The minimum absolute atomic E-state index is 0.0448. The fourth-order valence-corrected chi connectivity index (χ4v) is 5.91. The molecule has 0 atom stereocenters. The van der Waals surface area contributed by atoms with Crippen LogP contribution in [-0.4, -0.2) is 71.5 Å². The third-order valence-electron chi connectivity index (χ3n) is 7.95. The monoisotopic (exact) mass is 555 g/mol. The molecule has 0 radical (unpaired) electrons. The molecule has 7 heteroatoms. The number of hydrogen-bond donors (Lipinski definition) is 1. The number of likely N-dealkylation sites (tertiary alicyclic amines) is 2. The van der Waals surface area contributed by atoms with E-state index in [2.05, 4.69) is 45.0 Å². The number of hydrogen-bond acceptors (Lipinski definition) is 5. The summed E-state index contributed by atoms with van der Waals surface area (Å²) in [4.78, 5) is 23.4. The molecule has 0 aromatic heterocycles. The van der Waals surface area contributed by atoms with Crippen LogP contribution in [0.4, 0.5) is 0 Å². The van der Waals surface area contributed by atoms with E-state index in [9.17, 15) is 4.79 Å². The smallest absolute Gasteiger partial charge is 0.254 e. The summed E-state index contributed by atoms with van der Waals surface area (Å²) in [7, 11) is 0. The number of oxime groups is 1. The Kier molecular flexibility index (Phi) is 8.86. The van der Waals surface area contributed by atoms with Crippen LogP contribution >= 0.6 is 15.9 Å². The van der Waals surface area contributed by atoms with Gasteiger partial charge in [0, 0.05) is 34.6 Å². The van der Waals surface area contributed by atoms with Gasteiger partial charge in [-0.05, 0) is 88.4 Å². The van der Waals surface area contributed by atoms with Crippen LogP contribution in [0.3, 0.4) is 0 Å². The summed E-state index contributed by atoms with van der Waals surface area (Å²) in [6.07, 6.45) is 4.00. The summed E-state index contributed by atoms with van der Waals surface area (Å²) >= 11 is 3.51. The van der Waals surface area contributed by atoms with Gasteiger partial charge in [-0.25, -0.2) is 0 Å². The van der Waals surface area contributed by atoms with E-state index in [1.165, 1.54) is 0 Å². The van der Waals surface area contributed by atoms with Gasteiger partial charge in [-0.3, -0.25) is 9.69 Å². The van der Waals surface area contributed by atoms with Crippen molar-refractivity contribution in [3.63, 3.8) is 0 Å². The third-order valence-corrected chi connectivity index (χ3v) is 8.48. The summed E-state index contributed by atoms with van der Waals surface area (Å²) < 4.78 is 1.03. The zero-order valence-electron chi connectivity index (χ0n) is 21.7. The van der Waals surface area contributed by atoms with Crippen LogP contribution < -0.4 is 0 Å². The average Bonchev–Trinajstić information content (AvgIpc) is 2.88. The van der Waals surface area contributed by atoms with Crippen molar-refractivity contribution in [1.29, 1.82) is 0 Å². The SMILES string of the molecule is Cc1cccc(C)c1C(=O)N1CCC(C)(N2CCC(/C(=N/OCCO)c3ccc(Br)cc3)CC2)CC1. The first-order valence-electron chi connectivity index (χ1n) is 13.0.